The minimum absolute atomic E-state index is 0.0621. The van der Waals surface area contributed by atoms with Gasteiger partial charge in [0.25, 0.3) is 11.6 Å². The highest BCUT2D eigenvalue weighted by molar-refractivity contribution is 7.99. The molecule has 1 N–H and O–H groups in total. The molecule has 1 saturated heterocycles. The normalized spacial score (nSPS) is 17.1. The Morgan fingerprint density at radius 2 is 2.04 bits per heavy atom. The van der Waals surface area contributed by atoms with Gasteiger partial charge in [-0.3, -0.25) is 14.9 Å². The lowest BCUT2D eigenvalue weighted by atomic mass is 10.0. The van der Waals surface area contributed by atoms with E-state index in [4.69, 9.17) is 0 Å². The number of amides is 1. The molecule has 0 spiro atoms. The maximum atomic E-state index is 13.1. The Hall–Kier alpha value is -2.38. The number of likely N-dealkylation sites (tertiary alicyclic amines) is 1. The van der Waals surface area contributed by atoms with E-state index in [1.165, 1.54) is 23.9 Å². The van der Waals surface area contributed by atoms with Crippen molar-refractivity contribution in [2.45, 2.75) is 28.7 Å². The third kappa shape index (κ3) is 4.23. The van der Waals surface area contributed by atoms with Crippen LogP contribution in [0.1, 0.15) is 23.2 Å². The first-order valence-electron chi connectivity index (χ1n) is 8.56. The molecule has 136 valence electrons. The molecule has 1 aliphatic heterocycles. The molecule has 0 aromatic heterocycles. The third-order valence-corrected chi connectivity index (χ3v) is 5.58. The topological polar surface area (TPSA) is 75.5 Å². The van der Waals surface area contributed by atoms with E-state index in [9.17, 15) is 14.9 Å². The summed E-state index contributed by atoms with van der Waals surface area (Å²) in [5.74, 6) is -0.146. The number of piperidine rings is 1. The molecule has 1 fully saturated rings. The number of rotatable bonds is 5. The molecule has 6 nitrogen and oxygen atoms in total. The Kier molecular flexibility index (Phi) is 5.90. The summed E-state index contributed by atoms with van der Waals surface area (Å²) >= 11 is 1.45. The molecule has 26 heavy (non-hydrogen) atoms. The van der Waals surface area contributed by atoms with Gasteiger partial charge >= 0.3 is 0 Å². The summed E-state index contributed by atoms with van der Waals surface area (Å²) in [6.07, 6.45) is 1.95. The molecular formula is C19H21N3O3S. The highest BCUT2D eigenvalue weighted by Crippen LogP contribution is 2.33. The van der Waals surface area contributed by atoms with Crippen LogP contribution in [0.15, 0.2) is 58.3 Å². The number of nitro groups is 1. The van der Waals surface area contributed by atoms with Gasteiger partial charge in [0.15, 0.2) is 0 Å². The van der Waals surface area contributed by atoms with E-state index in [1.54, 1.807) is 11.0 Å². The van der Waals surface area contributed by atoms with Crippen LogP contribution >= 0.6 is 11.8 Å². The average molecular weight is 371 g/mol. The molecule has 3 rings (SSSR count). The summed E-state index contributed by atoms with van der Waals surface area (Å²) in [6, 6.07) is 14.5. The fraction of sp³-hybridized carbons (Fsp3) is 0.316. The van der Waals surface area contributed by atoms with Crippen LogP contribution in [0.3, 0.4) is 0 Å². The maximum Gasteiger partial charge on any atom is 0.270 e. The largest absolute Gasteiger partial charge is 0.337 e. The number of carbonyl (C=O) groups is 1. The van der Waals surface area contributed by atoms with E-state index in [2.05, 4.69) is 5.32 Å². The number of carbonyl (C=O) groups excluding carboxylic acids is 1. The van der Waals surface area contributed by atoms with Gasteiger partial charge in [0, 0.05) is 41.1 Å². The summed E-state index contributed by atoms with van der Waals surface area (Å²) in [4.78, 5) is 27.3. The van der Waals surface area contributed by atoms with Crippen molar-refractivity contribution in [2.24, 2.45) is 0 Å². The first-order valence-corrected chi connectivity index (χ1v) is 9.38. The Morgan fingerprint density at radius 1 is 1.27 bits per heavy atom. The second-order valence-corrected chi connectivity index (χ2v) is 7.35. The zero-order valence-electron chi connectivity index (χ0n) is 14.6. The van der Waals surface area contributed by atoms with Crippen molar-refractivity contribution in [3.63, 3.8) is 0 Å². The molecule has 1 atom stereocenters. The molecule has 0 aliphatic carbocycles. The summed E-state index contributed by atoms with van der Waals surface area (Å²) < 4.78 is 0. The molecule has 0 bridgehead atoms. The smallest absolute Gasteiger partial charge is 0.270 e. The molecule has 7 heteroatoms. The van der Waals surface area contributed by atoms with Gasteiger partial charge in [-0.25, -0.2) is 0 Å². The highest BCUT2D eigenvalue weighted by atomic mass is 32.2. The number of nitro benzene ring substituents is 1. The molecule has 1 amide bonds. The standard InChI is InChI=1S/C19H21N3O3S/c1-20-14-6-5-11-21(13-14)19(23)17-12-15(22(24)25)9-10-18(17)26-16-7-3-2-4-8-16/h2-4,7-10,12,14,20H,5-6,11,13H2,1H3. The van der Waals surface area contributed by atoms with Gasteiger partial charge in [0.05, 0.1) is 10.5 Å². The Morgan fingerprint density at radius 3 is 2.73 bits per heavy atom. The van der Waals surface area contributed by atoms with Crippen LogP contribution in [0.4, 0.5) is 5.69 Å². The predicted octanol–water partition coefficient (Wildman–Crippen LogP) is 3.57. The van der Waals surface area contributed by atoms with E-state index in [1.807, 2.05) is 37.4 Å². The zero-order chi connectivity index (χ0) is 18.5. The minimum atomic E-state index is -0.458. The lowest BCUT2D eigenvalue weighted by molar-refractivity contribution is -0.384. The van der Waals surface area contributed by atoms with E-state index in [0.29, 0.717) is 18.7 Å². The molecular weight excluding hydrogens is 350 g/mol. The Balaban J connectivity index is 1.93. The third-order valence-electron chi connectivity index (χ3n) is 4.49. The van der Waals surface area contributed by atoms with Gasteiger partial charge in [-0.2, -0.15) is 0 Å². The number of benzene rings is 2. The molecule has 1 unspecified atom stereocenters. The van der Waals surface area contributed by atoms with E-state index in [0.717, 1.165) is 22.6 Å². The second kappa shape index (κ2) is 8.33. The Labute approximate surface area is 156 Å². The molecule has 2 aromatic rings. The zero-order valence-corrected chi connectivity index (χ0v) is 15.4. The number of hydrogen-bond acceptors (Lipinski definition) is 5. The predicted molar refractivity (Wildman–Crippen MR) is 102 cm³/mol. The van der Waals surface area contributed by atoms with Crippen molar-refractivity contribution in [1.82, 2.24) is 10.2 Å². The lowest BCUT2D eigenvalue weighted by Crippen LogP contribution is -2.47. The minimum Gasteiger partial charge on any atom is -0.337 e. The summed E-state index contributed by atoms with van der Waals surface area (Å²) in [5.41, 5.74) is 0.331. The number of likely N-dealkylation sites (N-methyl/N-ethyl adjacent to an activating group) is 1. The monoisotopic (exact) mass is 371 g/mol. The van der Waals surface area contributed by atoms with Gasteiger partial charge in [0.2, 0.25) is 0 Å². The summed E-state index contributed by atoms with van der Waals surface area (Å²) in [5, 5.41) is 14.4. The van der Waals surface area contributed by atoms with E-state index >= 15 is 0 Å². The van der Waals surface area contributed by atoms with E-state index < -0.39 is 4.92 Å². The number of nitrogens with zero attached hydrogens (tertiary/aromatic N) is 2. The van der Waals surface area contributed by atoms with Crippen molar-refractivity contribution >= 4 is 23.4 Å². The van der Waals surface area contributed by atoms with Gasteiger partial charge in [-0.15, -0.1) is 0 Å². The Bertz CT molecular complexity index is 798. The fourth-order valence-corrected chi connectivity index (χ4v) is 4.01. The van der Waals surface area contributed by atoms with Crippen LogP contribution in [0.2, 0.25) is 0 Å². The maximum absolute atomic E-state index is 13.1. The van der Waals surface area contributed by atoms with Gasteiger partial charge in [-0.05, 0) is 38.1 Å². The fourth-order valence-electron chi connectivity index (χ4n) is 3.07. The average Bonchev–Trinajstić information content (AvgIpc) is 2.68. The van der Waals surface area contributed by atoms with Crippen LogP contribution < -0.4 is 5.32 Å². The molecule has 1 aliphatic rings. The van der Waals surface area contributed by atoms with Gasteiger partial charge in [0.1, 0.15) is 0 Å². The molecule has 0 saturated carbocycles. The quantitative estimate of drug-likeness (QED) is 0.642. The second-order valence-electron chi connectivity index (χ2n) is 6.23. The molecule has 2 aromatic carbocycles. The van der Waals surface area contributed by atoms with Crippen LogP contribution in [0.5, 0.6) is 0 Å². The number of non-ortho nitro benzene ring substituents is 1. The van der Waals surface area contributed by atoms with Gasteiger partial charge in [-0.1, -0.05) is 30.0 Å². The van der Waals surface area contributed by atoms with Crippen molar-refractivity contribution in [1.29, 1.82) is 0 Å². The first kappa shape index (κ1) is 18.4. The van der Waals surface area contributed by atoms with Crippen molar-refractivity contribution in [3.05, 3.63) is 64.2 Å². The van der Waals surface area contributed by atoms with Crippen molar-refractivity contribution in [2.75, 3.05) is 20.1 Å². The van der Waals surface area contributed by atoms with Crippen LogP contribution in [-0.2, 0) is 0 Å². The van der Waals surface area contributed by atoms with Crippen LogP contribution in [-0.4, -0.2) is 41.9 Å². The summed E-state index contributed by atoms with van der Waals surface area (Å²) in [6.45, 7) is 1.29. The SMILES string of the molecule is CNC1CCCN(C(=O)c2cc([N+](=O)[O-])ccc2Sc2ccccc2)C1. The van der Waals surface area contributed by atoms with Crippen molar-refractivity contribution in [3.8, 4) is 0 Å². The van der Waals surface area contributed by atoms with Crippen LogP contribution in [0.25, 0.3) is 0 Å². The van der Waals surface area contributed by atoms with Gasteiger partial charge < -0.3 is 10.2 Å². The molecule has 1 heterocycles. The summed E-state index contributed by atoms with van der Waals surface area (Å²) in [7, 11) is 1.89. The molecule has 0 radical (unpaired) electrons. The van der Waals surface area contributed by atoms with Crippen LogP contribution in [0, 0.1) is 10.1 Å². The lowest BCUT2D eigenvalue weighted by Gasteiger charge is -2.33. The first-order chi connectivity index (χ1) is 12.6. The highest BCUT2D eigenvalue weighted by Gasteiger charge is 2.26. The van der Waals surface area contributed by atoms with E-state index in [-0.39, 0.29) is 17.6 Å². The number of nitrogens with one attached hydrogen (secondary N) is 1. The number of hydrogen-bond donors (Lipinski definition) is 1. The van der Waals surface area contributed by atoms with Crippen molar-refractivity contribution < 1.29 is 9.72 Å².